The number of aromatic amines is 1. The van der Waals surface area contributed by atoms with Crippen LogP contribution >= 0.6 is 11.6 Å². The number of halogens is 1. The van der Waals surface area contributed by atoms with Crippen LogP contribution in [0, 0.1) is 10.1 Å². The predicted molar refractivity (Wildman–Crippen MR) is 75.3 cm³/mol. The summed E-state index contributed by atoms with van der Waals surface area (Å²) in [6.07, 6.45) is 3.09. The van der Waals surface area contributed by atoms with Crippen molar-refractivity contribution < 1.29 is 13.3 Å². The van der Waals surface area contributed by atoms with Gasteiger partial charge >= 0.3 is 0 Å². The van der Waals surface area contributed by atoms with Gasteiger partial charge in [0, 0.05) is 31.6 Å². The Balaban J connectivity index is 2.33. The number of nitro groups is 1. The van der Waals surface area contributed by atoms with Gasteiger partial charge in [-0.05, 0) is 6.07 Å². The molecule has 0 fully saturated rings. The van der Waals surface area contributed by atoms with Crippen LogP contribution in [0.3, 0.4) is 0 Å². The number of imidazole rings is 1. The lowest BCUT2D eigenvalue weighted by Gasteiger charge is -2.16. The third-order valence-electron chi connectivity index (χ3n) is 2.74. The largest absolute Gasteiger partial charge is 0.347 e. The third-order valence-corrected chi connectivity index (χ3v) is 5.03. The number of nitrogens with one attached hydrogen (secondary N) is 1. The van der Waals surface area contributed by atoms with Crippen LogP contribution in [0.15, 0.2) is 35.5 Å². The number of nitrogens with zero attached hydrogens (tertiary/aromatic N) is 3. The first-order valence-electron chi connectivity index (χ1n) is 5.71. The average Bonchev–Trinajstić information content (AvgIpc) is 2.90. The van der Waals surface area contributed by atoms with Gasteiger partial charge in [-0.25, -0.2) is 13.4 Å². The average molecular weight is 331 g/mol. The highest BCUT2D eigenvalue weighted by Gasteiger charge is 2.25. The molecule has 0 amide bonds. The number of sulfonamides is 1. The maximum Gasteiger partial charge on any atom is 0.271 e. The molecule has 21 heavy (non-hydrogen) atoms. The number of rotatable bonds is 5. The Morgan fingerprint density at radius 3 is 2.71 bits per heavy atom. The number of nitro benzene ring substituents is 1. The molecule has 0 saturated heterocycles. The maximum atomic E-state index is 12.4. The van der Waals surface area contributed by atoms with Crippen LogP contribution in [0.1, 0.15) is 5.82 Å². The maximum absolute atomic E-state index is 12.4. The molecule has 1 N–H and O–H groups in total. The summed E-state index contributed by atoms with van der Waals surface area (Å²) in [6, 6.07) is 3.23. The monoisotopic (exact) mass is 330 g/mol. The molecule has 10 heteroatoms. The van der Waals surface area contributed by atoms with Gasteiger partial charge in [-0.2, -0.15) is 4.31 Å². The second-order valence-corrected chi connectivity index (χ2v) is 6.59. The van der Waals surface area contributed by atoms with E-state index in [4.69, 9.17) is 11.6 Å². The van der Waals surface area contributed by atoms with Crippen LogP contribution in [0.5, 0.6) is 0 Å². The molecule has 0 aliphatic heterocycles. The zero-order chi connectivity index (χ0) is 15.6. The molecule has 112 valence electrons. The number of non-ortho nitro benzene ring substituents is 1. The topological polar surface area (TPSA) is 109 Å². The van der Waals surface area contributed by atoms with E-state index in [1.54, 1.807) is 6.20 Å². The van der Waals surface area contributed by atoms with E-state index in [1.807, 2.05) is 0 Å². The van der Waals surface area contributed by atoms with E-state index in [9.17, 15) is 18.5 Å². The molecule has 0 saturated carbocycles. The molecule has 0 aliphatic carbocycles. The zero-order valence-electron chi connectivity index (χ0n) is 10.9. The van der Waals surface area contributed by atoms with Crippen molar-refractivity contribution in [1.29, 1.82) is 0 Å². The lowest BCUT2D eigenvalue weighted by atomic mass is 10.3. The van der Waals surface area contributed by atoms with E-state index < -0.39 is 14.9 Å². The second kappa shape index (κ2) is 5.80. The van der Waals surface area contributed by atoms with Gasteiger partial charge in [0.15, 0.2) is 0 Å². The van der Waals surface area contributed by atoms with Crippen molar-refractivity contribution in [2.75, 3.05) is 7.05 Å². The molecule has 2 rings (SSSR count). The van der Waals surface area contributed by atoms with Gasteiger partial charge in [-0.15, -0.1) is 0 Å². The summed E-state index contributed by atoms with van der Waals surface area (Å²) in [5.74, 6) is 0.471. The van der Waals surface area contributed by atoms with E-state index in [0.29, 0.717) is 5.82 Å². The summed E-state index contributed by atoms with van der Waals surface area (Å²) in [5, 5.41) is 10.4. The molecule has 1 aromatic carbocycles. The summed E-state index contributed by atoms with van der Waals surface area (Å²) in [6.45, 7) is 0.0304. The lowest BCUT2D eigenvalue weighted by molar-refractivity contribution is -0.384. The van der Waals surface area contributed by atoms with Crippen molar-refractivity contribution in [2.45, 2.75) is 11.4 Å². The summed E-state index contributed by atoms with van der Waals surface area (Å²) < 4.78 is 25.8. The van der Waals surface area contributed by atoms with Gasteiger partial charge in [0.1, 0.15) is 10.7 Å². The lowest BCUT2D eigenvalue weighted by Crippen LogP contribution is -2.27. The molecule has 1 aromatic heterocycles. The molecule has 8 nitrogen and oxygen atoms in total. The number of benzene rings is 1. The SMILES string of the molecule is CN(Cc1ncc[nH]1)S(=O)(=O)c1ccc([N+](=O)[O-])cc1Cl. The molecule has 1 heterocycles. The van der Waals surface area contributed by atoms with Crippen molar-refractivity contribution in [2.24, 2.45) is 0 Å². The smallest absolute Gasteiger partial charge is 0.271 e. The normalized spacial score (nSPS) is 11.8. The minimum absolute atomic E-state index is 0.0304. The minimum Gasteiger partial charge on any atom is -0.347 e. The molecule has 0 radical (unpaired) electrons. The van der Waals surface area contributed by atoms with Crippen LogP contribution in [0.25, 0.3) is 0 Å². The first kappa shape index (κ1) is 15.4. The first-order chi connectivity index (χ1) is 9.82. The van der Waals surface area contributed by atoms with E-state index in [-0.39, 0.29) is 22.2 Å². The van der Waals surface area contributed by atoms with Crippen LogP contribution in [0.4, 0.5) is 5.69 Å². The van der Waals surface area contributed by atoms with Crippen molar-refractivity contribution in [1.82, 2.24) is 14.3 Å². The molecule has 0 bridgehead atoms. The highest BCUT2D eigenvalue weighted by Crippen LogP contribution is 2.28. The van der Waals surface area contributed by atoms with Crippen LogP contribution in [0.2, 0.25) is 5.02 Å². The number of H-pyrrole nitrogens is 1. The third kappa shape index (κ3) is 3.20. The van der Waals surface area contributed by atoms with Gasteiger partial charge in [-0.1, -0.05) is 11.6 Å². The molecule has 0 spiro atoms. The predicted octanol–water partition coefficient (Wildman–Crippen LogP) is 1.79. The highest BCUT2D eigenvalue weighted by molar-refractivity contribution is 7.89. The Labute approximate surface area is 125 Å². The van der Waals surface area contributed by atoms with E-state index >= 15 is 0 Å². The zero-order valence-corrected chi connectivity index (χ0v) is 12.4. The van der Waals surface area contributed by atoms with Gasteiger partial charge in [0.05, 0.1) is 16.5 Å². The Bertz CT molecular complexity index is 761. The summed E-state index contributed by atoms with van der Waals surface area (Å²) in [7, 11) is -2.50. The molecular weight excluding hydrogens is 320 g/mol. The van der Waals surface area contributed by atoms with E-state index in [0.717, 1.165) is 22.5 Å². The summed E-state index contributed by atoms with van der Waals surface area (Å²) in [4.78, 5) is 16.5. The summed E-state index contributed by atoms with van der Waals surface area (Å²) in [5.41, 5.74) is -0.271. The van der Waals surface area contributed by atoms with Crippen LogP contribution in [-0.4, -0.2) is 34.7 Å². The fourth-order valence-electron chi connectivity index (χ4n) is 1.66. The molecule has 0 atom stereocenters. The second-order valence-electron chi connectivity index (χ2n) is 4.17. The number of hydrogen-bond donors (Lipinski definition) is 1. The first-order valence-corrected chi connectivity index (χ1v) is 7.52. The highest BCUT2D eigenvalue weighted by atomic mass is 35.5. The van der Waals surface area contributed by atoms with E-state index in [2.05, 4.69) is 9.97 Å². The fraction of sp³-hybridized carbons (Fsp3) is 0.182. The standard InChI is InChI=1S/C11H11ClN4O4S/c1-15(7-11-13-4-5-14-11)21(19,20)10-3-2-8(16(17)18)6-9(10)12/h2-6H,7H2,1H3,(H,13,14). The van der Waals surface area contributed by atoms with Crippen molar-refractivity contribution in [3.63, 3.8) is 0 Å². The molecule has 0 aliphatic rings. The van der Waals surface area contributed by atoms with Crippen LogP contribution in [-0.2, 0) is 16.6 Å². The fourth-order valence-corrected chi connectivity index (χ4v) is 3.30. The van der Waals surface area contributed by atoms with Gasteiger partial charge in [-0.3, -0.25) is 10.1 Å². The molecule has 2 aromatic rings. The summed E-state index contributed by atoms with van der Waals surface area (Å²) >= 11 is 5.85. The Morgan fingerprint density at radius 1 is 1.48 bits per heavy atom. The van der Waals surface area contributed by atoms with Gasteiger partial charge in [0.2, 0.25) is 10.0 Å². The Kier molecular flexibility index (Phi) is 4.26. The molecular formula is C11H11ClN4O4S. The van der Waals surface area contributed by atoms with Gasteiger partial charge < -0.3 is 4.98 Å². The Morgan fingerprint density at radius 2 is 2.19 bits per heavy atom. The van der Waals surface area contributed by atoms with Gasteiger partial charge in [0.25, 0.3) is 5.69 Å². The van der Waals surface area contributed by atoms with Crippen molar-refractivity contribution >= 4 is 27.3 Å². The Hall–Kier alpha value is -1.97. The minimum atomic E-state index is -3.87. The number of hydrogen-bond acceptors (Lipinski definition) is 5. The van der Waals surface area contributed by atoms with Crippen molar-refractivity contribution in [3.8, 4) is 0 Å². The van der Waals surface area contributed by atoms with E-state index in [1.165, 1.54) is 13.2 Å². The molecule has 0 unspecified atom stereocenters. The van der Waals surface area contributed by atoms with Crippen LogP contribution < -0.4 is 0 Å². The quantitative estimate of drug-likeness (QED) is 0.664. The number of aromatic nitrogens is 2. The van der Waals surface area contributed by atoms with Crippen molar-refractivity contribution in [3.05, 3.63) is 51.6 Å².